The molecule has 4 aliphatic carbocycles. The monoisotopic (exact) mass is 316 g/mol. The van der Waals surface area contributed by atoms with Crippen LogP contribution in [-0.4, -0.2) is 17.0 Å². The average Bonchev–Trinajstić information content (AvgIpc) is 2.93. The maximum Gasteiger partial charge on any atom is 0.155 e. The Kier molecular flexibility index (Phi) is 4.16. The zero-order chi connectivity index (χ0) is 16.1. The molecule has 0 aliphatic heterocycles. The molecule has 2 heteroatoms. The van der Waals surface area contributed by atoms with Crippen molar-refractivity contribution < 1.29 is 9.90 Å². The molecule has 3 saturated carbocycles. The molecule has 0 radical (unpaired) electrons. The molecule has 4 aliphatic rings. The quantitative estimate of drug-likeness (QED) is 0.821. The van der Waals surface area contributed by atoms with E-state index in [1.807, 2.05) is 6.08 Å². The Morgan fingerprint density at radius 1 is 1.04 bits per heavy atom. The predicted molar refractivity (Wildman–Crippen MR) is 91.8 cm³/mol. The fourth-order valence-corrected chi connectivity index (χ4v) is 7.07. The summed E-state index contributed by atoms with van der Waals surface area (Å²) < 4.78 is 0. The van der Waals surface area contributed by atoms with Crippen molar-refractivity contribution in [3.8, 4) is 0 Å². The minimum Gasteiger partial charge on any atom is -0.393 e. The van der Waals surface area contributed by atoms with Crippen LogP contribution in [0.5, 0.6) is 0 Å². The van der Waals surface area contributed by atoms with Crippen LogP contribution in [0.4, 0.5) is 0 Å². The highest BCUT2D eigenvalue weighted by Gasteiger charge is 2.55. The second-order valence-corrected chi connectivity index (χ2v) is 8.73. The largest absolute Gasteiger partial charge is 0.393 e. The van der Waals surface area contributed by atoms with Gasteiger partial charge in [0.1, 0.15) is 0 Å². The van der Waals surface area contributed by atoms with Crippen molar-refractivity contribution in [1.82, 2.24) is 0 Å². The highest BCUT2D eigenvalue weighted by atomic mass is 16.3. The lowest BCUT2D eigenvalue weighted by Crippen LogP contribution is -2.50. The molecule has 0 saturated heterocycles. The molecule has 23 heavy (non-hydrogen) atoms. The number of carbonyl (C=O) groups is 1. The van der Waals surface area contributed by atoms with Crippen molar-refractivity contribution in [2.45, 2.75) is 71.3 Å². The van der Waals surface area contributed by atoms with Crippen molar-refractivity contribution >= 4 is 5.78 Å². The second-order valence-electron chi connectivity index (χ2n) is 8.73. The Labute approximate surface area is 140 Å². The first kappa shape index (κ1) is 15.9. The molecular formula is C21H32O2. The molecule has 0 aromatic carbocycles. The number of rotatable bonds is 2. The molecular weight excluding hydrogens is 284 g/mol. The normalized spacial score (nSPS) is 49.2. The van der Waals surface area contributed by atoms with Crippen LogP contribution < -0.4 is 0 Å². The van der Waals surface area contributed by atoms with Gasteiger partial charge in [0.2, 0.25) is 0 Å². The number of aliphatic hydroxyl groups excluding tert-OH is 1. The summed E-state index contributed by atoms with van der Waals surface area (Å²) in [5.41, 5.74) is 1.49. The summed E-state index contributed by atoms with van der Waals surface area (Å²) in [5, 5.41) is 10.5. The Morgan fingerprint density at radius 2 is 1.83 bits per heavy atom. The van der Waals surface area contributed by atoms with Crippen LogP contribution in [0, 0.1) is 41.4 Å². The molecule has 0 bridgehead atoms. The van der Waals surface area contributed by atoms with E-state index < -0.39 is 0 Å². The average molecular weight is 316 g/mol. The molecule has 0 heterocycles. The molecule has 3 fully saturated rings. The minimum atomic E-state index is -0.0441. The van der Waals surface area contributed by atoms with Crippen LogP contribution in [0.3, 0.4) is 0 Å². The lowest BCUT2D eigenvalue weighted by atomic mass is 9.49. The van der Waals surface area contributed by atoms with E-state index in [2.05, 4.69) is 13.8 Å². The summed E-state index contributed by atoms with van der Waals surface area (Å²) in [6, 6.07) is 0. The number of ketones is 1. The minimum absolute atomic E-state index is 0.0441. The SMILES string of the molecule is CCC1CC2=CC(=O)CC[C@@H]2[C@@H]2C1[C@@H]1CC[C@H](O)C1C[C@@H]2CC. The molecule has 8 atom stereocenters. The zero-order valence-electron chi connectivity index (χ0n) is 14.7. The van der Waals surface area contributed by atoms with E-state index >= 15 is 0 Å². The summed E-state index contributed by atoms with van der Waals surface area (Å²) in [6.45, 7) is 4.68. The summed E-state index contributed by atoms with van der Waals surface area (Å²) in [7, 11) is 0. The van der Waals surface area contributed by atoms with Crippen LogP contribution in [-0.2, 0) is 4.79 Å². The number of hydrogen-bond donors (Lipinski definition) is 1. The Hall–Kier alpha value is -0.630. The van der Waals surface area contributed by atoms with Gasteiger partial charge in [0, 0.05) is 6.42 Å². The summed E-state index contributed by atoms with van der Waals surface area (Å²) in [4.78, 5) is 11.9. The van der Waals surface area contributed by atoms with Crippen LogP contribution >= 0.6 is 0 Å². The third-order valence-electron chi connectivity index (χ3n) is 7.98. The number of carbonyl (C=O) groups excluding carboxylic acids is 1. The van der Waals surface area contributed by atoms with Gasteiger partial charge in [0.05, 0.1) is 6.10 Å². The summed E-state index contributed by atoms with van der Waals surface area (Å²) in [6.07, 6.45) is 11.0. The molecule has 0 aromatic heterocycles. The maximum absolute atomic E-state index is 11.9. The Bertz CT molecular complexity index is 508. The molecule has 1 N–H and O–H groups in total. The van der Waals surface area contributed by atoms with Crippen LogP contribution in [0.25, 0.3) is 0 Å². The second kappa shape index (κ2) is 6.02. The van der Waals surface area contributed by atoms with Crippen molar-refractivity contribution in [2.24, 2.45) is 41.4 Å². The predicted octanol–water partition coefficient (Wildman–Crippen LogP) is 4.37. The number of fused-ring (bicyclic) bond motifs is 5. The first-order chi connectivity index (χ1) is 11.1. The van der Waals surface area contributed by atoms with E-state index in [0.29, 0.717) is 17.6 Å². The molecule has 3 unspecified atom stereocenters. The van der Waals surface area contributed by atoms with Crippen LogP contribution in [0.15, 0.2) is 11.6 Å². The third kappa shape index (κ3) is 2.44. The lowest BCUT2D eigenvalue weighted by Gasteiger charge is -2.56. The van der Waals surface area contributed by atoms with Gasteiger partial charge >= 0.3 is 0 Å². The smallest absolute Gasteiger partial charge is 0.155 e. The van der Waals surface area contributed by atoms with Crippen molar-refractivity contribution in [3.63, 3.8) is 0 Å². The van der Waals surface area contributed by atoms with Gasteiger partial charge in [-0.05, 0) is 79.6 Å². The fraction of sp³-hybridized carbons (Fsp3) is 0.857. The molecule has 0 amide bonds. The summed E-state index contributed by atoms with van der Waals surface area (Å²) in [5.74, 6) is 5.42. The first-order valence-electron chi connectivity index (χ1n) is 10.0. The Balaban J connectivity index is 1.73. The summed E-state index contributed by atoms with van der Waals surface area (Å²) >= 11 is 0. The molecule has 4 rings (SSSR count). The van der Waals surface area contributed by atoms with E-state index in [0.717, 1.165) is 55.3 Å². The van der Waals surface area contributed by atoms with Gasteiger partial charge in [-0.3, -0.25) is 4.79 Å². The van der Waals surface area contributed by atoms with Crippen molar-refractivity contribution in [2.75, 3.05) is 0 Å². The molecule has 128 valence electrons. The van der Waals surface area contributed by atoms with Gasteiger partial charge in [0.15, 0.2) is 5.78 Å². The number of aliphatic hydroxyl groups is 1. The number of allylic oxidation sites excluding steroid dienone is 1. The lowest BCUT2D eigenvalue weighted by molar-refractivity contribution is -0.116. The van der Waals surface area contributed by atoms with Crippen molar-refractivity contribution in [1.29, 1.82) is 0 Å². The topological polar surface area (TPSA) is 37.3 Å². The van der Waals surface area contributed by atoms with Crippen molar-refractivity contribution in [3.05, 3.63) is 11.6 Å². The number of hydrogen-bond acceptors (Lipinski definition) is 2. The van der Waals surface area contributed by atoms with E-state index in [-0.39, 0.29) is 6.10 Å². The molecule has 0 spiro atoms. The third-order valence-corrected chi connectivity index (χ3v) is 7.98. The van der Waals surface area contributed by atoms with Gasteiger partial charge in [-0.2, -0.15) is 0 Å². The first-order valence-corrected chi connectivity index (χ1v) is 10.0. The van der Waals surface area contributed by atoms with E-state index in [9.17, 15) is 9.90 Å². The van der Waals surface area contributed by atoms with Gasteiger partial charge < -0.3 is 5.11 Å². The zero-order valence-corrected chi connectivity index (χ0v) is 14.7. The molecule has 0 aromatic rings. The van der Waals surface area contributed by atoms with Crippen LogP contribution in [0.2, 0.25) is 0 Å². The fourth-order valence-electron chi connectivity index (χ4n) is 7.07. The van der Waals surface area contributed by atoms with Gasteiger partial charge in [-0.25, -0.2) is 0 Å². The van der Waals surface area contributed by atoms with E-state index in [4.69, 9.17) is 0 Å². The standard InChI is InChI=1S/C21H32O2/c1-3-12-9-14-10-15(22)5-6-16(14)20-13(4-2)11-18-17(21(12)20)7-8-19(18)23/h10,12-13,16-21,23H,3-9,11H2,1-2H3/t12?,13-,16-,17+,18?,19-,20+,21?/m0/s1. The highest BCUT2D eigenvalue weighted by molar-refractivity contribution is 5.91. The maximum atomic E-state index is 11.9. The van der Waals surface area contributed by atoms with Gasteiger partial charge in [-0.1, -0.05) is 32.3 Å². The van der Waals surface area contributed by atoms with Gasteiger partial charge in [-0.15, -0.1) is 0 Å². The van der Waals surface area contributed by atoms with E-state index in [1.54, 1.807) is 0 Å². The molecule has 2 nitrogen and oxygen atoms in total. The van der Waals surface area contributed by atoms with Crippen LogP contribution in [0.1, 0.15) is 65.2 Å². The highest BCUT2D eigenvalue weighted by Crippen LogP contribution is 2.61. The van der Waals surface area contributed by atoms with Gasteiger partial charge in [0.25, 0.3) is 0 Å². The Morgan fingerprint density at radius 3 is 2.57 bits per heavy atom. The van der Waals surface area contributed by atoms with E-state index in [1.165, 1.54) is 31.3 Å².